The maximum absolute atomic E-state index is 13.0. The third-order valence-electron chi connectivity index (χ3n) is 12.3. The van der Waals surface area contributed by atoms with Gasteiger partial charge < -0.3 is 64.2 Å². The molecule has 0 amide bonds. The minimum absolute atomic E-state index is 0.0363. The molecule has 2 fully saturated rings. The normalized spacial score (nSPS) is 26.4. The summed E-state index contributed by atoms with van der Waals surface area (Å²) in [4.78, 5) is 13.0. The van der Waals surface area contributed by atoms with Gasteiger partial charge in [0.2, 0.25) is 0 Å². The summed E-state index contributed by atoms with van der Waals surface area (Å²) in [6.07, 6.45) is 32.8. The number of rotatable bonds is 41. The second-order valence-electron chi connectivity index (χ2n) is 18.3. The number of esters is 1. The van der Waals surface area contributed by atoms with Gasteiger partial charge in [-0.25, -0.2) is 0 Å². The highest BCUT2D eigenvalue weighted by Crippen LogP contribution is 2.26. The fraction of sp³-hybridized carbons (Fsp3) is 0.796. The summed E-state index contributed by atoms with van der Waals surface area (Å²) < 4.78 is 34.2. The summed E-state index contributed by atoms with van der Waals surface area (Å²) in [5, 5.41) is 72.2. The summed E-state index contributed by atoms with van der Waals surface area (Å²) in [5.74, 6) is -0.394. The first kappa shape index (κ1) is 61.8. The first-order chi connectivity index (χ1) is 33.1. The van der Waals surface area contributed by atoms with Crippen molar-refractivity contribution in [2.24, 2.45) is 0 Å². The average molecular weight is 967 g/mol. The highest BCUT2D eigenvalue weighted by atomic mass is 16.7. The fourth-order valence-electron chi connectivity index (χ4n) is 7.98. The van der Waals surface area contributed by atoms with E-state index < -0.39 is 86.7 Å². The standard InChI is InChI=1S/C54H94O14/c1-3-5-7-9-11-13-15-17-19-21-22-23-25-27-29-31-33-35-37-46(56)66-43(40-63-38-36-34-32-30-28-26-24-20-18-16-14-12-10-8-6-4-2)41-64-53-52(62)50(60)48(58)45(68-53)42-65-54-51(61)49(59)47(57)44(39-55)67-54/h6,8,12,14,18-21,26,28,43-45,47-55,57-62H,3-5,7,9-11,13,15-17,22-25,27,29-42H2,1-2H3/b8-6-,14-12-,20-18-,21-19-,28-26-. The van der Waals surface area contributed by atoms with Crippen LogP contribution in [0.5, 0.6) is 0 Å². The van der Waals surface area contributed by atoms with Crippen molar-refractivity contribution in [1.82, 2.24) is 0 Å². The highest BCUT2D eigenvalue weighted by Gasteiger charge is 2.47. The van der Waals surface area contributed by atoms with Crippen molar-refractivity contribution < 1.29 is 69.0 Å². The molecule has 2 aliphatic rings. The molecular weight excluding hydrogens is 873 g/mol. The maximum Gasteiger partial charge on any atom is 0.306 e. The van der Waals surface area contributed by atoms with Crippen LogP contribution in [0.25, 0.3) is 0 Å². The molecule has 0 saturated carbocycles. The average Bonchev–Trinajstić information content (AvgIpc) is 3.33. The van der Waals surface area contributed by atoms with Crippen LogP contribution in [-0.4, -0.2) is 142 Å². The molecule has 11 unspecified atom stereocenters. The van der Waals surface area contributed by atoms with E-state index in [0.29, 0.717) is 13.0 Å². The zero-order chi connectivity index (χ0) is 49.5. The first-order valence-corrected chi connectivity index (χ1v) is 26.4. The van der Waals surface area contributed by atoms with Gasteiger partial charge in [-0.05, 0) is 77.0 Å². The van der Waals surface area contributed by atoms with Gasteiger partial charge in [-0.2, -0.15) is 0 Å². The molecule has 0 aliphatic carbocycles. The lowest BCUT2D eigenvalue weighted by atomic mass is 9.98. The predicted octanol–water partition coefficient (Wildman–Crippen LogP) is 8.13. The van der Waals surface area contributed by atoms with Gasteiger partial charge >= 0.3 is 5.97 Å². The number of aliphatic hydroxyl groups is 7. The number of aliphatic hydroxyl groups excluding tert-OH is 7. The SMILES string of the molecule is CC/C=C\C/C=C\C/C=C\C/C=C\CCCCCOCC(COC1OC(COC2OC(CO)C(O)C(O)C2O)C(O)C(O)C1O)OC(=O)CCCCCCCCC/C=C\CCCCCCCCC. The van der Waals surface area contributed by atoms with Crippen LogP contribution in [0.3, 0.4) is 0 Å². The van der Waals surface area contributed by atoms with Crippen LogP contribution in [0.1, 0.15) is 174 Å². The Morgan fingerprint density at radius 2 is 0.956 bits per heavy atom. The third-order valence-corrected chi connectivity index (χ3v) is 12.3. The zero-order valence-corrected chi connectivity index (χ0v) is 41.8. The minimum atomic E-state index is -1.72. The quantitative estimate of drug-likeness (QED) is 0.0175. The van der Waals surface area contributed by atoms with Crippen LogP contribution < -0.4 is 0 Å². The van der Waals surface area contributed by atoms with Crippen molar-refractivity contribution in [3.8, 4) is 0 Å². The lowest BCUT2D eigenvalue weighted by Gasteiger charge is -2.42. The number of unbranched alkanes of at least 4 members (excludes halogenated alkanes) is 17. The third kappa shape index (κ3) is 28.5. The van der Waals surface area contributed by atoms with Crippen molar-refractivity contribution in [2.75, 3.05) is 33.0 Å². The van der Waals surface area contributed by atoms with Crippen molar-refractivity contribution in [3.63, 3.8) is 0 Å². The van der Waals surface area contributed by atoms with E-state index in [2.05, 4.69) is 74.6 Å². The van der Waals surface area contributed by atoms with Gasteiger partial charge in [-0.15, -0.1) is 0 Å². The van der Waals surface area contributed by atoms with Crippen LogP contribution in [0.4, 0.5) is 0 Å². The monoisotopic (exact) mass is 967 g/mol. The Labute approximate surface area is 409 Å². The highest BCUT2D eigenvalue weighted by molar-refractivity contribution is 5.69. The Hall–Kier alpha value is -2.31. The molecule has 0 aromatic carbocycles. The molecular formula is C54H94O14. The van der Waals surface area contributed by atoms with Gasteiger partial charge in [-0.3, -0.25) is 4.79 Å². The summed E-state index contributed by atoms with van der Waals surface area (Å²) in [7, 11) is 0. The number of carbonyl (C=O) groups is 1. The maximum atomic E-state index is 13.0. The Morgan fingerprint density at radius 3 is 1.51 bits per heavy atom. The lowest BCUT2D eigenvalue weighted by Crippen LogP contribution is -2.61. The number of hydrogen-bond donors (Lipinski definition) is 7. The fourth-order valence-corrected chi connectivity index (χ4v) is 7.98. The smallest absolute Gasteiger partial charge is 0.306 e. The summed E-state index contributed by atoms with van der Waals surface area (Å²) in [5.41, 5.74) is 0. The van der Waals surface area contributed by atoms with E-state index in [1.807, 2.05) is 0 Å². The van der Waals surface area contributed by atoms with Gasteiger partial charge in [-0.1, -0.05) is 152 Å². The van der Waals surface area contributed by atoms with Crippen LogP contribution in [0.2, 0.25) is 0 Å². The van der Waals surface area contributed by atoms with E-state index in [-0.39, 0.29) is 19.6 Å². The van der Waals surface area contributed by atoms with Crippen molar-refractivity contribution >= 4 is 5.97 Å². The summed E-state index contributed by atoms with van der Waals surface area (Å²) >= 11 is 0. The summed E-state index contributed by atoms with van der Waals surface area (Å²) in [6.45, 7) is 3.48. The molecule has 394 valence electrons. The molecule has 2 rings (SSSR count). The molecule has 14 nitrogen and oxygen atoms in total. The van der Waals surface area contributed by atoms with E-state index in [9.17, 15) is 40.5 Å². The van der Waals surface area contributed by atoms with Crippen molar-refractivity contribution in [1.29, 1.82) is 0 Å². The first-order valence-electron chi connectivity index (χ1n) is 26.4. The Bertz CT molecular complexity index is 1350. The van der Waals surface area contributed by atoms with Gasteiger partial charge in [0.25, 0.3) is 0 Å². The molecule has 2 aliphatic heterocycles. The second-order valence-corrected chi connectivity index (χ2v) is 18.3. The molecule has 0 bridgehead atoms. The molecule has 2 saturated heterocycles. The minimum Gasteiger partial charge on any atom is -0.457 e. The van der Waals surface area contributed by atoms with Crippen molar-refractivity contribution in [3.05, 3.63) is 60.8 Å². The number of allylic oxidation sites excluding steroid dienone is 10. The molecule has 0 spiro atoms. The van der Waals surface area contributed by atoms with Gasteiger partial charge in [0.05, 0.1) is 26.4 Å². The molecule has 11 atom stereocenters. The number of carbonyl (C=O) groups excluding carboxylic acids is 1. The molecule has 0 radical (unpaired) electrons. The molecule has 7 N–H and O–H groups in total. The van der Waals surface area contributed by atoms with E-state index >= 15 is 0 Å². The van der Waals surface area contributed by atoms with Crippen LogP contribution >= 0.6 is 0 Å². The van der Waals surface area contributed by atoms with Gasteiger partial charge in [0.15, 0.2) is 12.6 Å². The zero-order valence-electron chi connectivity index (χ0n) is 41.8. The number of hydrogen-bond acceptors (Lipinski definition) is 14. The van der Waals surface area contributed by atoms with E-state index in [1.54, 1.807) is 0 Å². The van der Waals surface area contributed by atoms with E-state index in [0.717, 1.165) is 77.0 Å². The van der Waals surface area contributed by atoms with Crippen LogP contribution in [0, 0.1) is 0 Å². The van der Waals surface area contributed by atoms with Crippen LogP contribution in [-0.2, 0) is 33.2 Å². The molecule has 68 heavy (non-hydrogen) atoms. The topological polar surface area (TPSA) is 214 Å². The Morgan fingerprint density at radius 1 is 0.500 bits per heavy atom. The van der Waals surface area contributed by atoms with Gasteiger partial charge in [0, 0.05) is 13.0 Å². The van der Waals surface area contributed by atoms with E-state index in [1.165, 1.54) is 70.6 Å². The lowest BCUT2D eigenvalue weighted by molar-refractivity contribution is -0.332. The summed E-state index contributed by atoms with van der Waals surface area (Å²) in [6, 6.07) is 0. The van der Waals surface area contributed by atoms with Crippen molar-refractivity contribution in [2.45, 2.75) is 242 Å². The Kier molecular flexibility index (Phi) is 37.6. The number of ether oxygens (including phenoxy) is 6. The van der Waals surface area contributed by atoms with Crippen LogP contribution in [0.15, 0.2) is 60.8 Å². The molecule has 0 aromatic rings. The van der Waals surface area contributed by atoms with Gasteiger partial charge in [0.1, 0.15) is 54.9 Å². The largest absolute Gasteiger partial charge is 0.457 e. The molecule has 0 aromatic heterocycles. The predicted molar refractivity (Wildman–Crippen MR) is 266 cm³/mol. The molecule has 14 heteroatoms. The Balaban J connectivity index is 1.78. The molecule has 2 heterocycles. The van der Waals surface area contributed by atoms with E-state index in [4.69, 9.17) is 28.4 Å². The second kappa shape index (κ2) is 41.3.